The van der Waals surface area contributed by atoms with E-state index in [0.29, 0.717) is 29.0 Å². The molecule has 1 saturated heterocycles. The SMILES string of the molecule is CC1CCCN(C(=O)c2cc(F)ccc2Br)C1CN. The molecule has 1 heterocycles. The van der Waals surface area contributed by atoms with E-state index < -0.39 is 5.82 Å². The Morgan fingerprint density at radius 3 is 3.00 bits per heavy atom. The Kier molecular flexibility index (Phi) is 4.58. The Morgan fingerprint density at radius 2 is 2.32 bits per heavy atom. The monoisotopic (exact) mass is 328 g/mol. The molecule has 3 nitrogen and oxygen atoms in total. The smallest absolute Gasteiger partial charge is 0.255 e. The molecule has 0 saturated carbocycles. The maximum absolute atomic E-state index is 13.3. The van der Waals surface area contributed by atoms with Gasteiger partial charge in [-0.2, -0.15) is 0 Å². The molecule has 2 rings (SSSR count). The maximum atomic E-state index is 13.3. The standard InChI is InChI=1S/C14H18BrFN2O/c1-9-3-2-6-18(13(9)8-17)14(19)11-7-10(16)4-5-12(11)15/h4-5,7,9,13H,2-3,6,8,17H2,1H3. The minimum atomic E-state index is -0.402. The number of benzene rings is 1. The van der Waals surface area contributed by atoms with E-state index in [1.165, 1.54) is 12.1 Å². The lowest BCUT2D eigenvalue weighted by Crippen LogP contribution is -2.51. The van der Waals surface area contributed by atoms with Crippen molar-refractivity contribution >= 4 is 21.8 Å². The van der Waals surface area contributed by atoms with Crippen LogP contribution in [0.2, 0.25) is 0 Å². The number of amides is 1. The number of hydrogen-bond donors (Lipinski definition) is 1. The highest BCUT2D eigenvalue weighted by Gasteiger charge is 2.32. The molecule has 2 atom stereocenters. The molecule has 5 heteroatoms. The molecule has 2 unspecified atom stereocenters. The molecule has 2 N–H and O–H groups in total. The maximum Gasteiger partial charge on any atom is 0.255 e. The molecule has 19 heavy (non-hydrogen) atoms. The van der Waals surface area contributed by atoms with Crippen LogP contribution in [0.1, 0.15) is 30.1 Å². The van der Waals surface area contributed by atoms with Crippen molar-refractivity contribution in [3.05, 3.63) is 34.1 Å². The van der Waals surface area contributed by atoms with Gasteiger partial charge in [0.2, 0.25) is 0 Å². The van der Waals surface area contributed by atoms with Gasteiger partial charge >= 0.3 is 0 Å². The van der Waals surface area contributed by atoms with E-state index in [9.17, 15) is 9.18 Å². The van der Waals surface area contributed by atoms with E-state index in [2.05, 4.69) is 22.9 Å². The molecule has 0 radical (unpaired) electrons. The van der Waals surface area contributed by atoms with Crippen LogP contribution in [0.25, 0.3) is 0 Å². The van der Waals surface area contributed by atoms with Gasteiger partial charge in [0.25, 0.3) is 5.91 Å². The fraction of sp³-hybridized carbons (Fsp3) is 0.500. The number of nitrogens with two attached hydrogens (primary N) is 1. The Hall–Kier alpha value is -0.940. The molecular weight excluding hydrogens is 311 g/mol. The van der Waals surface area contributed by atoms with Crippen LogP contribution in [-0.4, -0.2) is 29.9 Å². The Balaban J connectivity index is 2.29. The van der Waals surface area contributed by atoms with Crippen molar-refractivity contribution in [3.63, 3.8) is 0 Å². The van der Waals surface area contributed by atoms with Crippen molar-refractivity contribution in [1.82, 2.24) is 4.90 Å². The zero-order valence-electron chi connectivity index (χ0n) is 10.9. The van der Waals surface area contributed by atoms with Crippen molar-refractivity contribution in [1.29, 1.82) is 0 Å². The highest BCUT2D eigenvalue weighted by Crippen LogP contribution is 2.27. The number of halogens is 2. The van der Waals surface area contributed by atoms with Crippen LogP contribution in [0.3, 0.4) is 0 Å². The lowest BCUT2D eigenvalue weighted by molar-refractivity contribution is 0.0531. The van der Waals surface area contributed by atoms with Crippen LogP contribution in [0.15, 0.2) is 22.7 Å². The van der Waals surface area contributed by atoms with Crippen molar-refractivity contribution in [2.45, 2.75) is 25.8 Å². The van der Waals surface area contributed by atoms with E-state index >= 15 is 0 Å². The highest BCUT2D eigenvalue weighted by atomic mass is 79.9. The topological polar surface area (TPSA) is 46.3 Å². The molecule has 0 aromatic heterocycles. The first-order valence-corrected chi connectivity index (χ1v) is 7.30. The molecule has 0 aliphatic carbocycles. The second-order valence-corrected chi connectivity index (χ2v) is 5.90. The van der Waals surface area contributed by atoms with E-state index in [4.69, 9.17) is 5.73 Å². The minimum Gasteiger partial charge on any atom is -0.334 e. The molecule has 1 aliphatic rings. The van der Waals surface area contributed by atoms with Gasteiger partial charge < -0.3 is 10.6 Å². The third-order valence-corrected chi connectivity index (χ3v) is 4.47. The highest BCUT2D eigenvalue weighted by molar-refractivity contribution is 9.10. The minimum absolute atomic E-state index is 0.0383. The Morgan fingerprint density at radius 1 is 1.58 bits per heavy atom. The third-order valence-electron chi connectivity index (χ3n) is 3.78. The van der Waals surface area contributed by atoms with Gasteiger partial charge in [0.1, 0.15) is 5.82 Å². The van der Waals surface area contributed by atoms with Crippen LogP contribution < -0.4 is 5.73 Å². The van der Waals surface area contributed by atoms with E-state index in [1.807, 2.05) is 0 Å². The molecule has 1 aromatic rings. The number of rotatable bonds is 2. The first-order chi connectivity index (χ1) is 9.04. The molecule has 0 bridgehead atoms. The summed E-state index contributed by atoms with van der Waals surface area (Å²) in [6, 6.07) is 4.21. The van der Waals surface area contributed by atoms with Crippen LogP contribution in [-0.2, 0) is 0 Å². The number of likely N-dealkylation sites (tertiary alicyclic amines) is 1. The molecule has 0 spiro atoms. The number of piperidine rings is 1. The summed E-state index contributed by atoms with van der Waals surface area (Å²) in [6.45, 7) is 3.24. The predicted octanol–water partition coefficient (Wildman–Crippen LogP) is 2.79. The molecule has 1 aliphatic heterocycles. The van der Waals surface area contributed by atoms with Crippen LogP contribution in [0.4, 0.5) is 4.39 Å². The first-order valence-electron chi connectivity index (χ1n) is 6.50. The van der Waals surface area contributed by atoms with Crippen molar-refractivity contribution in [3.8, 4) is 0 Å². The van der Waals surface area contributed by atoms with E-state index in [1.54, 1.807) is 11.0 Å². The van der Waals surface area contributed by atoms with Gasteiger partial charge in [-0.05, 0) is 52.9 Å². The number of hydrogen-bond acceptors (Lipinski definition) is 2. The van der Waals surface area contributed by atoms with Gasteiger partial charge in [0.05, 0.1) is 5.56 Å². The summed E-state index contributed by atoms with van der Waals surface area (Å²) in [5.74, 6) is -0.163. The Bertz CT molecular complexity index is 481. The summed E-state index contributed by atoms with van der Waals surface area (Å²) in [5.41, 5.74) is 6.16. The van der Waals surface area contributed by atoms with E-state index in [0.717, 1.165) is 12.8 Å². The van der Waals surface area contributed by atoms with Crippen molar-refractivity contribution in [2.75, 3.05) is 13.1 Å². The summed E-state index contributed by atoms with van der Waals surface area (Å²) >= 11 is 3.31. The molecule has 104 valence electrons. The second-order valence-electron chi connectivity index (χ2n) is 5.05. The third kappa shape index (κ3) is 2.98. The zero-order valence-corrected chi connectivity index (χ0v) is 12.5. The molecular formula is C14H18BrFN2O. The number of carbonyl (C=O) groups is 1. The summed E-state index contributed by atoms with van der Waals surface area (Å²) in [5, 5.41) is 0. The van der Waals surface area contributed by atoms with Crippen molar-refractivity contribution in [2.24, 2.45) is 11.7 Å². The normalized spacial score (nSPS) is 23.5. The van der Waals surface area contributed by atoms with Crippen molar-refractivity contribution < 1.29 is 9.18 Å². The summed E-state index contributed by atoms with van der Waals surface area (Å²) in [4.78, 5) is 14.3. The second kappa shape index (κ2) is 6.01. The number of carbonyl (C=O) groups excluding carboxylic acids is 1. The lowest BCUT2D eigenvalue weighted by Gasteiger charge is -2.39. The van der Waals surface area contributed by atoms with Gasteiger partial charge in [-0.15, -0.1) is 0 Å². The zero-order chi connectivity index (χ0) is 14.0. The fourth-order valence-corrected chi connectivity index (χ4v) is 3.09. The predicted molar refractivity (Wildman–Crippen MR) is 76.4 cm³/mol. The largest absolute Gasteiger partial charge is 0.334 e. The summed E-state index contributed by atoms with van der Waals surface area (Å²) in [7, 11) is 0. The van der Waals surface area contributed by atoms with E-state index in [-0.39, 0.29) is 11.9 Å². The van der Waals surface area contributed by atoms with Crippen LogP contribution in [0, 0.1) is 11.7 Å². The van der Waals surface area contributed by atoms with Gasteiger partial charge in [-0.25, -0.2) is 4.39 Å². The first kappa shape index (κ1) is 14.5. The van der Waals surface area contributed by atoms with Crippen LogP contribution >= 0.6 is 15.9 Å². The van der Waals surface area contributed by atoms with Gasteiger partial charge in [-0.3, -0.25) is 4.79 Å². The van der Waals surface area contributed by atoms with Gasteiger partial charge in [0, 0.05) is 23.6 Å². The molecule has 1 amide bonds. The van der Waals surface area contributed by atoms with Gasteiger partial charge in [-0.1, -0.05) is 6.92 Å². The summed E-state index contributed by atoms with van der Waals surface area (Å²) in [6.07, 6.45) is 2.05. The van der Waals surface area contributed by atoms with Crippen LogP contribution in [0.5, 0.6) is 0 Å². The average molecular weight is 329 g/mol. The molecule has 1 fully saturated rings. The van der Waals surface area contributed by atoms with Gasteiger partial charge in [0.15, 0.2) is 0 Å². The Labute approximate surface area is 121 Å². The fourth-order valence-electron chi connectivity index (χ4n) is 2.68. The lowest BCUT2D eigenvalue weighted by atomic mass is 9.90. The summed E-state index contributed by atoms with van der Waals surface area (Å²) < 4.78 is 13.9. The average Bonchev–Trinajstić information content (AvgIpc) is 2.40. The molecule has 1 aromatic carbocycles. The quantitative estimate of drug-likeness (QED) is 0.907. The number of nitrogens with zero attached hydrogens (tertiary/aromatic N) is 1.